The Labute approximate surface area is 85.3 Å². The number of hydrogen-bond donors (Lipinski definition) is 2. The van der Waals surface area contributed by atoms with E-state index in [1.54, 1.807) is 6.92 Å². The Hall–Kier alpha value is -1.45. The van der Waals surface area contributed by atoms with Gasteiger partial charge in [-0.15, -0.1) is 0 Å². The maximum Gasteiger partial charge on any atom is 0.190 e. The van der Waals surface area contributed by atoms with E-state index in [0.717, 1.165) is 25.0 Å². The molecule has 0 fully saturated rings. The van der Waals surface area contributed by atoms with Crippen LogP contribution in [-0.4, -0.2) is 5.96 Å². The van der Waals surface area contributed by atoms with Gasteiger partial charge in [-0.2, -0.15) is 0 Å². The quantitative estimate of drug-likeness (QED) is 0.387. The van der Waals surface area contributed by atoms with Gasteiger partial charge in [0.25, 0.3) is 0 Å². The molecule has 0 aliphatic heterocycles. The number of unbranched alkanes of at least 4 members (excludes halogenated alkanes) is 1. The number of guanidine groups is 1. The molecule has 0 bridgehead atoms. The molecule has 0 amide bonds. The minimum atomic E-state index is 0.0292. The molecule has 4 N–H and O–H groups in total. The van der Waals surface area contributed by atoms with Gasteiger partial charge in [-0.3, -0.25) is 0 Å². The summed E-state index contributed by atoms with van der Waals surface area (Å²) in [4.78, 5) is 3.80. The zero-order chi connectivity index (χ0) is 11.0. The third kappa shape index (κ3) is 7.21. The van der Waals surface area contributed by atoms with E-state index < -0.39 is 0 Å². The van der Waals surface area contributed by atoms with Crippen molar-refractivity contribution in [3.8, 4) is 0 Å². The van der Waals surface area contributed by atoms with Crippen LogP contribution in [0.15, 0.2) is 29.3 Å². The highest BCUT2D eigenvalue weighted by Gasteiger charge is 1.93. The van der Waals surface area contributed by atoms with Crippen molar-refractivity contribution in [1.29, 1.82) is 0 Å². The summed E-state index contributed by atoms with van der Waals surface area (Å²) in [6.45, 7) is 7.64. The van der Waals surface area contributed by atoms with Gasteiger partial charge in [0.2, 0.25) is 0 Å². The smallest absolute Gasteiger partial charge is 0.190 e. The fraction of sp³-hybridized carbons (Fsp3) is 0.500. The molecule has 14 heavy (non-hydrogen) atoms. The number of nitrogens with two attached hydrogens (primary N) is 2. The molecule has 0 heterocycles. The van der Waals surface area contributed by atoms with Gasteiger partial charge in [-0.25, -0.2) is 4.99 Å². The SMILES string of the molecule is C=C(CCCC)O/C=C(\C)N=C(N)N. The van der Waals surface area contributed by atoms with Crippen molar-refractivity contribution in [3.05, 3.63) is 24.3 Å². The Balaban J connectivity index is 3.90. The number of ether oxygens (including phenoxy) is 1. The number of nitrogens with zero attached hydrogens (tertiary/aromatic N) is 1. The molecule has 0 aliphatic carbocycles. The summed E-state index contributed by atoms with van der Waals surface area (Å²) in [6.07, 6.45) is 4.56. The monoisotopic (exact) mass is 197 g/mol. The van der Waals surface area contributed by atoms with Gasteiger partial charge in [0.1, 0.15) is 6.26 Å². The summed E-state index contributed by atoms with van der Waals surface area (Å²) in [5.74, 6) is 0.763. The summed E-state index contributed by atoms with van der Waals surface area (Å²) < 4.78 is 5.23. The Morgan fingerprint density at radius 1 is 1.50 bits per heavy atom. The van der Waals surface area contributed by atoms with Crippen molar-refractivity contribution in [1.82, 2.24) is 0 Å². The molecule has 0 atom stereocenters. The van der Waals surface area contributed by atoms with Gasteiger partial charge in [-0.1, -0.05) is 19.9 Å². The van der Waals surface area contributed by atoms with Crippen LogP contribution in [0, 0.1) is 0 Å². The zero-order valence-electron chi connectivity index (χ0n) is 8.92. The van der Waals surface area contributed by atoms with Gasteiger partial charge in [0, 0.05) is 6.42 Å². The van der Waals surface area contributed by atoms with Crippen molar-refractivity contribution in [3.63, 3.8) is 0 Å². The maximum absolute atomic E-state index is 5.23. The van der Waals surface area contributed by atoms with Crippen molar-refractivity contribution in [2.45, 2.75) is 33.1 Å². The molecule has 4 nitrogen and oxygen atoms in total. The Morgan fingerprint density at radius 2 is 2.14 bits per heavy atom. The van der Waals surface area contributed by atoms with Crippen LogP contribution in [0.4, 0.5) is 0 Å². The van der Waals surface area contributed by atoms with Crippen molar-refractivity contribution in [2.24, 2.45) is 16.5 Å². The molecule has 4 heteroatoms. The Kier molecular flexibility index (Phi) is 6.28. The van der Waals surface area contributed by atoms with Crippen LogP contribution in [-0.2, 0) is 4.74 Å². The number of hydrogen-bond acceptors (Lipinski definition) is 2. The fourth-order valence-electron chi connectivity index (χ4n) is 0.831. The van der Waals surface area contributed by atoms with Gasteiger partial charge in [0.15, 0.2) is 5.96 Å². The third-order valence-corrected chi connectivity index (χ3v) is 1.51. The van der Waals surface area contributed by atoms with Crippen LogP contribution in [0.5, 0.6) is 0 Å². The highest BCUT2D eigenvalue weighted by Crippen LogP contribution is 2.08. The van der Waals surface area contributed by atoms with E-state index in [2.05, 4.69) is 18.5 Å². The lowest BCUT2D eigenvalue weighted by atomic mass is 10.2. The molecule has 0 radical (unpaired) electrons. The topological polar surface area (TPSA) is 73.6 Å². The first-order chi connectivity index (χ1) is 6.56. The van der Waals surface area contributed by atoms with Crippen LogP contribution in [0.1, 0.15) is 33.1 Å². The van der Waals surface area contributed by atoms with Gasteiger partial charge in [0.05, 0.1) is 11.5 Å². The lowest BCUT2D eigenvalue weighted by molar-refractivity contribution is 0.328. The van der Waals surface area contributed by atoms with E-state index in [-0.39, 0.29) is 5.96 Å². The molecule has 0 spiro atoms. The maximum atomic E-state index is 5.23. The summed E-state index contributed by atoms with van der Waals surface area (Å²) >= 11 is 0. The van der Waals surface area contributed by atoms with E-state index >= 15 is 0 Å². The summed E-state index contributed by atoms with van der Waals surface area (Å²) in [5, 5.41) is 0. The van der Waals surface area contributed by atoms with Crippen molar-refractivity contribution < 1.29 is 4.74 Å². The fourth-order valence-corrected chi connectivity index (χ4v) is 0.831. The predicted octanol–water partition coefficient (Wildman–Crippen LogP) is 1.84. The molecular weight excluding hydrogens is 178 g/mol. The lowest BCUT2D eigenvalue weighted by Crippen LogP contribution is -2.22. The van der Waals surface area contributed by atoms with E-state index in [0.29, 0.717) is 5.70 Å². The molecule has 80 valence electrons. The van der Waals surface area contributed by atoms with Crippen LogP contribution >= 0.6 is 0 Å². The first kappa shape index (κ1) is 12.6. The number of aliphatic imine (C=N–C) groups is 1. The standard InChI is InChI=1S/C10H19N3O/c1-4-5-6-9(3)14-7-8(2)13-10(11)12/h7H,3-6H2,1-2H3,(H4,11,12,13)/b8-7+. The average Bonchev–Trinajstić information content (AvgIpc) is 2.10. The highest BCUT2D eigenvalue weighted by atomic mass is 16.5. The number of rotatable bonds is 6. The predicted molar refractivity (Wildman–Crippen MR) is 59.3 cm³/mol. The van der Waals surface area contributed by atoms with E-state index in [9.17, 15) is 0 Å². The van der Waals surface area contributed by atoms with E-state index in [1.165, 1.54) is 6.26 Å². The second-order valence-electron chi connectivity index (χ2n) is 3.06. The second kappa shape index (κ2) is 7.00. The van der Waals surface area contributed by atoms with Crippen LogP contribution in [0.2, 0.25) is 0 Å². The molecular formula is C10H19N3O. The minimum absolute atomic E-state index is 0.0292. The molecule has 0 aliphatic rings. The zero-order valence-corrected chi connectivity index (χ0v) is 8.92. The molecule has 0 saturated heterocycles. The van der Waals surface area contributed by atoms with Crippen molar-refractivity contribution in [2.75, 3.05) is 0 Å². The molecule has 0 rings (SSSR count). The minimum Gasteiger partial charge on any atom is -0.468 e. The number of allylic oxidation sites excluding steroid dienone is 2. The summed E-state index contributed by atoms with van der Waals surface area (Å²) in [6, 6.07) is 0. The molecule has 0 aromatic rings. The lowest BCUT2D eigenvalue weighted by Gasteiger charge is -2.03. The Morgan fingerprint density at radius 3 is 2.64 bits per heavy atom. The normalized spacial score (nSPS) is 10.9. The summed E-state index contributed by atoms with van der Waals surface area (Å²) in [5.41, 5.74) is 11.0. The Bertz CT molecular complexity index is 240. The second-order valence-corrected chi connectivity index (χ2v) is 3.06. The van der Waals surface area contributed by atoms with Crippen LogP contribution in [0.25, 0.3) is 0 Å². The first-order valence-corrected chi connectivity index (χ1v) is 4.67. The van der Waals surface area contributed by atoms with Gasteiger partial charge >= 0.3 is 0 Å². The molecule has 0 saturated carbocycles. The van der Waals surface area contributed by atoms with Crippen LogP contribution < -0.4 is 11.5 Å². The molecule has 0 aromatic heterocycles. The summed E-state index contributed by atoms with van der Waals surface area (Å²) in [7, 11) is 0. The molecule has 0 aromatic carbocycles. The first-order valence-electron chi connectivity index (χ1n) is 4.67. The van der Waals surface area contributed by atoms with Gasteiger partial charge < -0.3 is 16.2 Å². The molecule has 0 unspecified atom stereocenters. The van der Waals surface area contributed by atoms with Crippen molar-refractivity contribution >= 4 is 5.96 Å². The average molecular weight is 197 g/mol. The van der Waals surface area contributed by atoms with E-state index in [1.807, 2.05) is 0 Å². The van der Waals surface area contributed by atoms with Crippen LogP contribution in [0.3, 0.4) is 0 Å². The highest BCUT2D eigenvalue weighted by molar-refractivity contribution is 5.76. The third-order valence-electron chi connectivity index (χ3n) is 1.51. The largest absolute Gasteiger partial charge is 0.468 e. The van der Waals surface area contributed by atoms with Gasteiger partial charge in [-0.05, 0) is 13.3 Å². The van der Waals surface area contributed by atoms with E-state index in [4.69, 9.17) is 16.2 Å².